The fourth-order valence-electron chi connectivity index (χ4n) is 1.61. The monoisotopic (exact) mass is 301 g/mol. The first-order valence-corrected chi connectivity index (χ1v) is 7.00. The van der Waals surface area contributed by atoms with Crippen molar-refractivity contribution in [2.24, 2.45) is 0 Å². The maximum atomic E-state index is 11.2. The Balaban J connectivity index is 0.000000239. The van der Waals surface area contributed by atoms with E-state index in [1.54, 1.807) is 24.3 Å². The molecule has 1 aliphatic rings. The SMILES string of the molecule is C=CC(=O)OCCCC.O=C1C=CC(=O)N1c1ccccc1. The summed E-state index contributed by atoms with van der Waals surface area (Å²) in [5.74, 6) is -0.893. The van der Waals surface area contributed by atoms with Crippen molar-refractivity contribution in [3.63, 3.8) is 0 Å². The fraction of sp³-hybridized carbons (Fsp3) is 0.235. The van der Waals surface area contributed by atoms with Crippen molar-refractivity contribution in [3.05, 3.63) is 55.1 Å². The average Bonchev–Trinajstić information content (AvgIpc) is 2.88. The molecule has 5 nitrogen and oxygen atoms in total. The largest absolute Gasteiger partial charge is 0.463 e. The Morgan fingerprint density at radius 1 is 1.18 bits per heavy atom. The van der Waals surface area contributed by atoms with Gasteiger partial charge in [0.2, 0.25) is 0 Å². The number of anilines is 1. The first kappa shape index (κ1) is 17.4. The van der Waals surface area contributed by atoms with E-state index >= 15 is 0 Å². The maximum Gasteiger partial charge on any atom is 0.330 e. The Labute approximate surface area is 129 Å². The van der Waals surface area contributed by atoms with E-state index in [1.165, 1.54) is 18.2 Å². The van der Waals surface area contributed by atoms with Gasteiger partial charge in [0.05, 0.1) is 12.3 Å². The molecule has 116 valence electrons. The van der Waals surface area contributed by atoms with E-state index in [-0.39, 0.29) is 17.8 Å². The van der Waals surface area contributed by atoms with Crippen LogP contribution < -0.4 is 4.90 Å². The summed E-state index contributed by atoms with van der Waals surface area (Å²) in [5, 5.41) is 0. The van der Waals surface area contributed by atoms with Gasteiger partial charge in [-0.2, -0.15) is 0 Å². The summed E-state index contributed by atoms with van der Waals surface area (Å²) in [6, 6.07) is 8.86. The second-order valence-electron chi connectivity index (χ2n) is 4.41. The van der Waals surface area contributed by atoms with E-state index in [0.717, 1.165) is 17.7 Å². The Morgan fingerprint density at radius 3 is 2.27 bits per heavy atom. The molecule has 1 heterocycles. The number of ether oxygens (including phenoxy) is 1. The molecule has 0 fully saturated rings. The van der Waals surface area contributed by atoms with E-state index < -0.39 is 0 Å². The predicted octanol–water partition coefficient (Wildman–Crippen LogP) is 2.63. The standard InChI is InChI=1S/C10H7NO2.C7H12O2/c12-9-6-7-10(13)11(9)8-4-2-1-3-5-8;1-3-5-6-9-7(8)4-2/h1-7H;4H,2-3,5-6H2,1H3. The number of nitrogens with zero attached hydrogens (tertiary/aromatic N) is 1. The Hall–Kier alpha value is -2.69. The van der Waals surface area contributed by atoms with Crippen LogP contribution in [0, 0.1) is 0 Å². The van der Waals surface area contributed by atoms with E-state index in [9.17, 15) is 14.4 Å². The van der Waals surface area contributed by atoms with Gasteiger partial charge in [0.1, 0.15) is 0 Å². The Morgan fingerprint density at radius 2 is 1.77 bits per heavy atom. The van der Waals surface area contributed by atoms with Crippen LogP contribution in [0.15, 0.2) is 55.1 Å². The van der Waals surface area contributed by atoms with E-state index in [4.69, 9.17) is 0 Å². The lowest BCUT2D eigenvalue weighted by Crippen LogP contribution is -2.29. The highest BCUT2D eigenvalue weighted by atomic mass is 16.5. The van der Waals surface area contributed by atoms with Crippen LogP contribution in [0.1, 0.15) is 19.8 Å². The molecule has 0 unspecified atom stereocenters. The zero-order valence-corrected chi connectivity index (χ0v) is 12.5. The lowest BCUT2D eigenvalue weighted by Gasteiger charge is -2.12. The molecular formula is C17H19NO4. The van der Waals surface area contributed by atoms with Crippen molar-refractivity contribution < 1.29 is 19.1 Å². The van der Waals surface area contributed by atoms with Crippen LogP contribution in [0.2, 0.25) is 0 Å². The average molecular weight is 301 g/mol. The van der Waals surface area contributed by atoms with Gasteiger partial charge in [0.15, 0.2) is 0 Å². The summed E-state index contributed by atoms with van der Waals surface area (Å²) in [6.07, 6.45) is 5.70. The molecule has 0 spiro atoms. The fourth-order valence-corrected chi connectivity index (χ4v) is 1.61. The van der Waals surface area contributed by atoms with Gasteiger partial charge in [-0.25, -0.2) is 9.69 Å². The van der Waals surface area contributed by atoms with Crippen molar-refractivity contribution in [1.29, 1.82) is 0 Å². The number of benzene rings is 1. The second-order valence-corrected chi connectivity index (χ2v) is 4.41. The summed E-state index contributed by atoms with van der Waals surface area (Å²) in [7, 11) is 0. The molecule has 0 saturated heterocycles. The third-order valence-electron chi connectivity index (χ3n) is 2.73. The number of para-hydroxylation sites is 1. The lowest BCUT2D eigenvalue weighted by atomic mass is 10.3. The van der Waals surface area contributed by atoms with Crippen LogP contribution in [0.5, 0.6) is 0 Å². The molecule has 0 aromatic heterocycles. The molecular weight excluding hydrogens is 282 g/mol. The maximum absolute atomic E-state index is 11.2. The van der Waals surface area contributed by atoms with E-state index in [0.29, 0.717) is 12.3 Å². The number of amides is 2. The zero-order valence-electron chi connectivity index (χ0n) is 12.5. The number of hydrogen-bond donors (Lipinski definition) is 0. The van der Waals surface area contributed by atoms with Crippen molar-refractivity contribution in [3.8, 4) is 0 Å². The molecule has 1 aromatic rings. The summed E-state index contributed by atoms with van der Waals surface area (Å²) in [6.45, 7) is 5.82. The number of imide groups is 1. The van der Waals surface area contributed by atoms with Gasteiger partial charge in [0.25, 0.3) is 11.8 Å². The van der Waals surface area contributed by atoms with Gasteiger partial charge in [-0.1, -0.05) is 38.1 Å². The molecule has 1 aromatic carbocycles. The zero-order chi connectivity index (χ0) is 16.4. The van der Waals surface area contributed by atoms with Crippen molar-refractivity contribution in [1.82, 2.24) is 0 Å². The quantitative estimate of drug-likeness (QED) is 0.363. The first-order chi connectivity index (χ1) is 10.6. The van der Waals surface area contributed by atoms with Crippen molar-refractivity contribution in [2.45, 2.75) is 19.8 Å². The highest BCUT2D eigenvalue weighted by Gasteiger charge is 2.24. The number of carbonyl (C=O) groups is 3. The number of hydrogen-bond acceptors (Lipinski definition) is 4. The summed E-state index contributed by atoms with van der Waals surface area (Å²) in [5.41, 5.74) is 0.613. The Bertz CT molecular complexity index is 545. The lowest BCUT2D eigenvalue weighted by molar-refractivity contribution is -0.137. The van der Waals surface area contributed by atoms with Gasteiger partial charge in [0, 0.05) is 18.2 Å². The number of esters is 1. The minimum absolute atomic E-state index is 0.281. The van der Waals surface area contributed by atoms with E-state index in [1.807, 2.05) is 13.0 Å². The second kappa shape index (κ2) is 9.28. The first-order valence-electron chi connectivity index (χ1n) is 7.00. The highest BCUT2D eigenvalue weighted by Crippen LogP contribution is 2.17. The van der Waals surface area contributed by atoms with Crippen LogP contribution in [0.4, 0.5) is 5.69 Å². The molecule has 0 radical (unpaired) electrons. The van der Waals surface area contributed by atoms with Crippen LogP contribution in [-0.2, 0) is 19.1 Å². The van der Waals surface area contributed by atoms with Gasteiger partial charge < -0.3 is 4.74 Å². The summed E-state index contributed by atoms with van der Waals surface area (Å²) >= 11 is 0. The molecule has 0 N–H and O–H groups in total. The Kier molecular flexibility index (Phi) is 7.33. The van der Waals surface area contributed by atoms with Crippen LogP contribution in [0.3, 0.4) is 0 Å². The minimum Gasteiger partial charge on any atom is -0.463 e. The molecule has 0 atom stereocenters. The van der Waals surface area contributed by atoms with Gasteiger partial charge in [-0.15, -0.1) is 0 Å². The minimum atomic E-state index is -0.330. The molecule has 0 bridgehead atoms. The molecule has 22 heavy (non-hydrogen) atoms. The van der Waals surface area contributed by atoms with Crippen LogP contribution in [-0.4, -0.2) is 24.4 Å². The van der Waals surface area contributed by atoms with Gasteiger partial charge in [-0.05, 0) is 18.6 Å². The van der Waals surface area contributed by atoms with Crippen molar-refractivity contribution in [2.75, 3.05) is 11.5 Å². The smallest absolute Gasteiger partial charge is 0.330 e. The topological polar surface area (TPSA) is 63.7 Å². The molecule has 2 amide bonds. The number of rotatable bonds is 5. The van der Waals surface area contributed by atoms with Crippen molar-refractivity contribution >= 4 is 23.5 Å². The molecule has 0 saturated carbocycles. The molecule has 0 aliphatic carbocycles. The summed E-state index contributed by atoms with van der Waals surface area (Å²) in [4.78, 5) is 33.9. The highest BCUT2D eigenvalue weighted by molar-refractivity contribution is 6.28. The molecule has 5 heteroatoms. The third-order valence-corrected chi connectivity index (χ3v) is 2.73. The normalized spacial score (nSPS) is 12.7. The predicted molar refractivity (Wildman–Crippen MR) is 84.1 cm³/mol. The molecule has 2 rings (SSSR count). The van der Waals surface area contributed by atoms with Gasteiger partial charge in [-0.3, -0.25) is 9.59 Å². The van der Waals surface area contributed by atoms with E-state index in [2.05, 4.69) is 11.3 Å². The molecule has 1 aliphatic heterocycles. The van der Waals surface area contributed by atoms with Crippen LogP contribution >= 0.6 is 0 Å². The third kappa shape index (κ3) is 5.36. The number of carbonyl (C=O) groups excluding carboxylic acids is 3. The van der Waals surface area contributed by atoms with Gasteiger partial charge >= 0.3 is 5.97 Å². The van der Waals surface area contributed by atoms with Crippen LogP contribution in [0.25, 0.3) is 0 Å². The number of unbranched alkanes of at least 4 members (excludes halogenated alkanes) is 1. The summed E-state index contributed by atoms with van der Waals surface area (Å²) < 4.78 is 4.67.